The Morgan fingerprint density at radius 1 is 1.42 bits per heavy atom. The van der Waals surface area contributed by atoms with E-state index in [0.29, 0.717) is 18.6 Å². The summed E-state index contributed by atoms with van der Waals surface area (Å²) in [6.07, 6.45) is 1.10. The fourth-order valence-electron chi connectivity index (χ4n) is 2.52. The van der Waals surface area contributed by atoms with Crippen molar-refractivity contribution in [1.29, 1.82) is 0 Å². The molecule has 1 heterocycles. The Kier molecular flexibility index (Phi) is 4.77. The molecular weight excluding hydrogens is 243 g/mol. The zero-order chi connectivity index (χ0) is 13.8. The quantitative estimate of drug-likeness (QED) is 0.888. The average Bonchev–Trinajstić information content (AvgIpc) is 2.87. The summed E-state index contributed by atoms with van der Waals surface area (Å²) in [5, 5.41) is 0. The van der Waals surface area contributed by atoms with Crippen molar-refractivity contribution in [2.75, 3.05) is 19.7 Å². The molecule has 1 saturated heterocycles. The van der Waals surface area contributed by atoms with Crippen molar-refractivity contribution in [3.05, 3.63) is 30.1 Å². The van der Waals surface area contributed by atoms with Crippen LogP contribution in [0.4, 0.5) is 4.39 Å². The van der Waals surface area contributed by atoms with Crippen LogP contribution in [0.3, 0.4) is 0 Å². The van der Waals surface area contributed by atoms with E-state index in [1.807, 2.05) is 0 Å². The molecule has 106 valence electrons. The van der Waals surface area contributed by atoms with E-state index in [9.17, 15) is 4.39 Å². The number of rotatable bonds is 5. The first kappa shape index (κ1) is 14.3. The van der Waals surface area contributed by atoms with E-state index >= 15 is 0 Å². The highest BCUT2D eigenvalue weighted by Gasteiger charge is 2.29. The van der Waals surface area contributed by atoms with Crippen molar-refractivity contribution >= 4 is 0 Å². The van der Waals surface area contributed by atoms with Gasteiger partial charge in [0.25, 0.3) is 0 Å². The number of hydrogen-bond donors (Lipinski definition) is 1. The minimum Gasteiger partial charge on any atom is -0.489 e. The summed E-state index contributed by atoms with van der Waals surface area (Å²) in [6, 6.07) is 6.97. The maximum atomic E-state index is 13.4. The molecule has 1 aliphatic heterocycles. The molecule has 1 aliphatic rings. The maximum Gasteiger partial charge on any atom is 0.165 e. The molecule has 19 heavy (non-hydrogen) atoms. The number of para-hydroxylation sites is 1. The van der Waals surface area contributed by atoms with Crippen LogP contribution in [-0.2, 0) is 0 Å². The molecule has 2 unspecified atom stereocenters. The molecule has 2 atom stereocenters. The fourth-order valence-corrected chi connectivity index (χ4v) is 2.52. The number of nitrogens with two attached hydrogens (primary N) is 1. The molecule has 0 aromatic heterocycles. The summed E-state index contributed by atoms with van der Waals surface area (Å²) >= 11 is 0. The Morgan fingerprint density at radius 3 is 2.79 bits per heavy atom. The van der Waals surface area contributed by atoms with Crippen molar-refractivity contribution in [2.45, 2.75) is 32.4 Å². The molecule has 0 amide bonds. The van der Waals surface area contributed by atoms with Gasteiger partial charge in [0.15, 0.2) is 11.6 Å². The van der Waals surface area contributed by atoms with Crippen molar-refractivity contribution in [3.8, 4) is 5.75 Å². The lowest BCUT2D eigenvalue weighted by Gasteiger charge is -2.23. The van der Waals surface area contributed by atoms with Gasteiger partial charge in [0.1, 0.15) is 6.61 Å². The highest BCUT2D eigenvalue weighted by Crippen LogP contribution is 2.22. The second kappa shape index (κ2) is 6.35. The molecule has 0 radical (unpaired) electrons. The lowest BCUT2D eigenvalue weighted by Crippen LogP contribution is -2.38. The topological polar surface area (TPSA) is 38.5 Å². The predicted molar refractivity (Wildman–Crippen MR) is 74.7 cm³/mol. The zero-order valence-corrected chi connectivity index (χ0v) is 11.7. The highest BCUT2D eigenvalue weighted by molar-refractivity contribution is 5.23. The SMILES string of the molecule is CC(C)N1CCC(C(N)COc2ccccc2F)C1. The Labute approximate surface area is 114 Å². The molecular formula is C15H23FN2O. The van der Waals surface area contributed by atoms with Crippen LogP contribution in [0.2, 0.25) is 0 Å². The van der Waals surface area contributed by atoms with Gasteiger partial charge in [-0.25, -0.2) is 4.39 Å². The monoisotopic (exact) mass is 266 g/mol. The van der Waals surface area contributed by atoms with Gasteiger partial charge in [-0.1, -0.05) is 12.1 Å². The molecule has 0 bridgehead atoms. The lowest BCUT2D eigenvalue weighted by atomic mass is 10.0. The molecule has 1 fully saturated rings. The molecule has 0 aliphatic carbocycles. The summed E-state index contributed by atoms with van der Waals surface area (Å²) in [6.45, 7) is 6.88. The van der Waals surface area contributed by atoms with Crippen molar-refractivity contribution in [3.63, 3.8) is 0 Å². The smallest absolute Gasteiger partial charge is 0.165 e. The number of hydrogen-bond acceptors (Lipinski definition) is 3. The van der Waals surface area contributed by atoms with Crippen LogP contribution >= 0.6 is 0 Å². The zero-order valence-electron chi connectivity index (χ0n) is 11.7. The van der Waals surface area contributed by atoms with E-state index in [2.05, 4.69) is 18.7 Å². The lowest BCUT2D eigenvalue weighted by molar-refractivity contribution is 0.220. The molecule has 2 rings (SSSR count). The van der Waals surface area contributed by atoms with Gasteiger partial charge in [0.2, 0.25) is 0 Å². The van der Waals surface area contributed by atoms with E-state index in [0.717, 1.165) is 19.5 Å². The first-order valence-electron chi connectivity index (χ1n) is 6.95. The van der Waals surface area contributed by atoms with Crippen LogP contribution in [0.25, 0.3) is 0 Å². The number of ether oxygens (including phenoxy) is 1. The Bertz CT molecular complexity index is 411. The summed E-state index contributed by atoms with van der Waals surface area (Å²) < 4.78 is 18.9. The maximum absolute atomic E-state index is 13.4. The molecule has 1 aromatic rings. The van der Waals surface area contributed by atoms with E-state index < -0.39 is 0 Å². The van der Waals surface area contributed by atoms with E-state index in [-0.39, 0.29) is 17.6 Å². The molecule has 0 saturated carbocycles. The van der Waals surface area contributed by atoms with Crippen LogP contribution in [-0.4, -0.2) is 36.7 Å². The van der Waals surface area contributed by atoms with Gasteiger partial charge in [-0.3, -0.25) is 0 Å². The largest absolute Gasteiger partial charge is 0.489 e. The van der Waals surface area contributed by atoms with Crippen molar-refractivity contribution < 1.29 is 9.13 Å². The van der Waals surface area contributed by atoms with E-state index in [4.69, 9.17) is 10.5 Å². The standard InChI is InChI=1S/C15H23FN2O/c1-11(2)18-8-7-12(9-18)14(17)10-19-15-6-4-3-5-13(15)16/h3-6,11-12,14H,7-10,17H2,1-2H3. The third kappa shape index (κ3) is 3.67. The van der Waals surface area contributed by atoms with Crippen LogP contribution in [0, 0.1) is 11.7 Å². The van der Waals surface area contributed by atoms with E-state index in [1.54, 1.807) is 18.2 Å². The number of nitrogens with zero attached hydrogens (tertiary/aromatic N) is 1. The van der Waals surface area contributed by atoms with Gasteiger partial charge < -0.3 is 15.4 Å². The molecule has 2 N–H and O–H groups in total. The normalized spacial score (nSPS) is 21.8. The van der Waals surface area contributed by atoms with Crippen molar-refractivity contribution in [1.82, 2.24) is 4.90 Å². The van der Waals surface area contributed by atoms with Gasteiger partial charge in [-0.2, -0.15) is 0 Å². The summed E-state index contributed by atoms with van der Waals surface area (Å²) in [7, 11) is 0. The minimum atomic E-state index is -0.329. The first-order valence-corrected chi connectivity index (χ1v) is 6.95. The van der Waals surface area contributed by atoms with Crippen LogP contribution in [0.15, 0.2) is 24.3 Å². The summed E-state index contributed by atoms with van der Waals surface area (Å²) in [5.41, 5.74) is 6.17. The van der Waals surface area contributed by atoms with Crippen molar-refractivity contribution in [2.24, 2.45) is 11.7 Å². The molecule has 3 nitrogen and oxygen atoms in total. The molecule has 0 spiro atoms. The summed E-state index contributed by atoms with van der Waals surface area (Å²) in [4.78, 5) is 2.42. The molecule has 4 heteroatoms. The number of halogens is 1. The van der Waals surface area contributed by atoms with Gasteiger partial charge >= 0.3 is 0 Å². The fraction of sp³-hybridized carbons (Fsp3) is 0.600. The van der Waals surface area contributed by atoms with Crippen LogP contribution < -0.4 is 10.5 Å². The third-order valence-corrected chi connectivity index (χ3v) is 3.86. The van der Waals surface area contributed by atoms with Crippen LogP contribution in [0.5, 0.6) is 5.75 Å². The van der Waals surface area contributed by atoms with Gasteiger partial charge in [0, 0.05) is 18.6 Å². The Morgan fingerprint density at radius 2 is 2.16 bits per heavy atom. The highest BCUT2D eigenvalue weighted by atomic mass is 19.1. The minimum absolute atomic E-state index is 0.0386. The van der Waals surface area contributed by atoms with Crippen LogP contribution in [0.1, 0.15) is 20.3 Å². The second-order valence-corrected chi connectivity index (χ2v) is 5.54. The number of benzene rings is 1. The van der Waals surface area contributed by atoms with E-state index in [1.165, 1.54) is 6.07 Å². The van der Waals surface area contributed by atoms with Gasteiger partial charge in [-0.15, -0.1) is 0 Å². The third-order valence-electron chi connectivity index (χ3n) is 3.86. The van der Waals surface area contributed by atoms with Gasteiger partial charge in [-0.05, 0) is 44.9 Å². The second-order valence-electron chi connectivity index (χ2n) is 5.54. The number of likely N-dealkylation sites (tertiary alicyclic amines) is 1. The van der Waals surface area contributed by atoms with Gasteiger partial charge in [0.05, 0.1) is 0 Å². The average molecular weight is 266 g/mol. The Hall–Kier alpha value is -1.13. The summed E-state index contributed by atoms with van der Waals surface area (Å²) in [5.74, 6) is 0.399. The first-order chi connectivity index (χ1) is 9.08. The predicted octanol–water partition coefficient (Wildman–Crippen LogP) is 2.26. The molecule has 1 aromatic carbocycles. The Balaban J connectivity index is 1.82.